The lowest BCUT2D eigenvalue weighted by Crippen LogP contribution is -2.32. The summed E-state index contributed by atoms with van der Waals surface area (Å²) in [6.45, 7) is -0.580. The lowest BCUT2D eigenvalue weighted by molar-refractivity contribution is -0.136. The van der Waals surface area contributed by atoms with Gasteiger partial charge in [-0.1, -0.05) is 60.7 Å². The van der Waals surface area contributed by atoms with Crippen molar-refractivity contribution in [2.24, 2.45) is 5.10 Å². The van der Waals surface area contributed by atoms with Crippen LogP contribution < -0.4 is 10.4 Å². The van der Waals surface area contributed by atoms with Crippen LogP contribution in [-0.4, -0.2) is 36.3 Å². The highest BCUT2D eigenvalue weighted by Gasteiger charge is 2.33. The Morgan fingerprint density at radius 3 is 2.47 bits per heavy atom. The van der Waals surface area contributed by atoms with E-state index < -0.39 is 24.1 Å². The van der Waals surface area contributed by atoms with Crippen LogP contribution >= 0.6 is 0 Å². The number of para-hydroxylation sites is 1. The molecule has 3 aromatic carbocycles. The molecule has 1 aromatic heterocycles. The van der Waals surface area contributed by atoms with Gasteiger partial charge in [0.05, 0.1) is 18.9 Å². The second-order valence-corrected chi connectivity index (χ2v) is 8.21. The first-order chi connectivity index (χ1) is 17.5. The van der Waals surface area contributed by atoms with Gasteiger partial charge in [0.25, 0.3) is 5.91 Å². The largest absolute Gasteiger partial charge is 0.497 e. The number of carbonyl (C=O) groups is 2. The third-order valence-electron chi connectivity index (χ3n) is 5.96. The molecule has 1 atom stereocenters. The van der Waals surface area contributed by atoms with Gasteiger partial charge in [-0.25, -0.2) is 14.6 Å². The molecule has 4 aromatic rings. The third kappa shape index (κ3) is 4.61. The van der Waals surface area contributed by atoms with E-state index in [0.717, 1.165) is 16.8 Å². The topological polar surface area (TPSA) is 98.4 Å². The van der Waals surface area contributed by atoms with E-state index in [1.807, 2.05) is 54.6 Å². The number of nitrogens with zero attached hydrogens (tertiary/aromatic N) is 2. The van der Waals surface area contributed by atoms with Crippen LogP contribution in [0.25, 0.3) is 11.0 Å². The second-order valence-electron chi connectivity index (χ2n) is 8.21. The Morgan fingerprint density at radius 2 is 1.72 bits per heavy atom. The Labute approximate surface area is 206 Å². The van der Waals surface area contributed by atoms with Crippen molar-refractivity contribution in [2.75, 3.05) is 13.7 Å². The minimum atomic E-state index is -0.935. The Kier molecular flexibility index (Phi) is 6.32. The highest BCUT2D eigenvalue weighted by molar-refractivity contribution is 6.03. The van der Waals surface area contributed by atoms with Crippen LogP contribution in [0.3, 0.4) is 0 Å². The Morgan fingerprint density at radius 1 is 1.00 bits per heavy atom. The first-order valence-electron chi connectivity index (χ1n) is 11.3. The smallest absolute Gasteiger partial charge is 0.351 e. The van der Waals surface area contributed by atoms with Crippen molar-refractivity contribution < 1.29 is 23.5 Å². The van der Waals surface area contributed by atoms with Crippen LogP contribution in [-0.2, 0) is 9.53 Å². The van der Waals surface area contributed by atoms with Gasteiger partial charge in [-0.2, -0.15) is 5.10 Å². The van der Waals surface area contributed by atoms with Crippen LogP contribution in [0.1, 0.15) is 33.9 Å². The number of hydrogen-bond acceptors (Lipinski definition) is 7. The van der Waals surface area contributed by atoms with Crippen LogP contribution in [0.5, 0.6) is 5.75 Å². The summed E-state index contributed by atoms with van der Waals surface area (Å²) in [7, 11) is 1.58. The summed E-state index contributed by atoms with van der Waals surface area (Å²) in [5.41, 5.74) is 1.76. The van der Waals surface area contributed by atoms with Gasteiger partial charge in [-0.05, 0) is 35.4 Å². The number of fused-ring (bicyclic) bond motifs is 1. The SMILES string of the molecule is COc1ccc([C@H]2CC(c3ccccc3)=NN2C(=O)COC(=O)c2cc3ccccc3oc2=O)cc1. The summed E-state index contributed by atoms with van der Waals surface area (Å²) < 4.78 is 15.6. The molecular weight excluding hydrogens is 460 g/mol. The fourth-order valence-corrected chi connectivity index (χ4v) is 4.11. The van der Waals surface area contributed by atoms with Crippen molar-refractivity contribution >= 4 is 28.6 Å². The molecule has 8 nitrogen and oxygen atoms in total. The van der Waals surface area contributed by atoms with Crippen molar-refractivity contribution in [3.63, 3.8) is 0 Å². The van der Waals surface area contributed by atoms with Gasteiger partial charge in [0.15, 0.2) is 6.61 Å². The molecule has 8 heteroatoms. The minimum Gasteiger partial charge on any atom is -0.497 e. The summed E-state index contributed by atoms with van der Waals surface area (Å²) in [6.07, 6.45) is 0.490. The summed E-state index contributed by atoms with van der Waals surface area (Å²) in [5.74, 6) is -0.752. The fourth-order valence-electron chi connectivity index (χ4n) is 4.11. The van der Waals surface area contributed by atoms with Gasteiger partial charge in [0, 0.05) is 11.8 Å². The van der Waals surface area contributed by atoms with Gasteiger partial charge in [0.1, 0.15) is 16.9 Å². The summed E-state index contributed by atoms with van der Waals surface area (Å²) >= 11 is 0. The molecule has 1 amide bonds. The van der Waals surface area contributed by atoms with Gasteiger partial charge >= 0.3 is 11.6 Å². The average Bonchev–Trinajstić information content (AvgIpc) is 3.37. The molecule has 180 valence electrons. The zero-order valence-corrected chi connectivity index (χ0v) is 19.4. The van der Waals surface area contributed by atoms with E-state index in [0.29, 0.717) is 23.1 Å². The van der Waals surface area contributed by atoms with Crippen molar-refractivity contribution in [1.82, 2.24) is 5.01 Å². The zero-order valence-electron chi connectivity index (χ0n) is 19.4. The molecule has 0 aliphatic carbocycles. The number of esters is 1. The van der Waals surface area contributed by atoms with Crippen LogP contribution in [0, 0.1) is 0 Å². The monoisotopic (exact) mass is 482 g/mol. The fraction of sp³-hybridized carbons (Fsp3) is 0.143. The summed E-state index contributed by atoms with van der Waals surface area (Å²) in [4.78, 5) is 38.1. The number of benzene rings is 3. The Bertz CT molecular complexity index is 1510. The molecule has 0 unspecified atom stereocenters. The molecule has 0 bridgehead atoms. The number of amides is 1. The van der Waals surface area contributed by atoms with Crippen LogP contribution in [0.15, 0.2) is 99.2 Å². The van der Waals surface area contributed by atoms with Crippen molar-refractivity contribution in [1.29, 1.82) is 0 Å². The normalized spacial score (nSPS) is 15.0. The van der Waals surface area contributed by atoms with Gasteiger partial charge in [0.2, 0.25) is 0 Å². The standard InChI is InChI=1S/C28H22N2O6/c1-34-21-13-11-19(12-14-21)24-16-23(18-7-3-2-4-8-18)29-30(24)26(31)17-35-27(32)22-15-20-9-5-6-10-25(20)36-28(22)33/h2-15,24H,16-17H2,1H3/t24-/m1/s1. The van der Waals surface area contributed by atoms with E-state index in [1.165, 1.54) is 11.1 Å². The molecule has 0 spiro atoms. The molecule has 1 aliphatic heterocycles. The van der Waals surface area contributed by atoms with Gasteiger partial charge in [-0.15, -0.1) is 0 Å². The number of rotatable bonds is 6. The number of methoxy groups -OCH3 is 1. The molecule has 36 heavy (non-hydrogen) atoms. The second kappa shape index (κ2) is 9.87. The van der Waals surface area contributed by atoms with E-state index in [2.05, 4.69) is 5.10 Å². The van der Waals surface area contributed by atoms with E-state index >= 15 is 0 Å². The van der Waals surface area contributed by atoms with Crippen molar-refractivity contribution in [3.8, 4) is 5.75 Å². The maximum Gasteiger partial charge on any atom is 0.351 e. The number of hydrazone groups is 1. The maximum absolute atomic E-state index is 13.2. The van der Waals surface area contributed by atoms with Crippen molar-refractivity contribution in [2.45, 2.75) is 12.5 Å². The molecule has 0 N–H and O–H groups in total. The third-order valence-corrected chi connectivity index (χ3v) is 5.96. The Hall–Kier alpha value is -4.72. The molecule has 0 radical (unpaired) electrons. The molecule has 1 aliphatic rings. The predicted octanol–water partition coefficient (Wildman–Crippen LogP) is 4.34. The lowest BCUT2D eigenvalue weighted by atomic mass is 9.98. The molecule has 5 rings (SSSR count). The molecule has 2 heterocycles. The molecule has 0 fully saturated rings. The van der Waals surface area contributed by atoms with E-state index in [1.54, 1.807) is 31.4 Å². The first-order valence-corrected chi connectivity index (χ1v) is 11.3. The quantitative estimate of drug-likeness (QED) is 0.300. The summed E-state index contributed by atoms with van der Waals surface area (Å²) in [6, 6.07) is 24.8. The Balaban J connectivity index is 1.37. The van der Waals surface area contributed by atoms with Crippen LogP contribution in [0.2, 0.25) is 0 Å². The van der Waals surface area contributed by atoms with Gasteiger partial charge in [-0.3, -0.25) is 4.79 Å². The van der Waals surface area contributed by atoms with Crippen molar-refractivity contribution in [3.05, 3.63) is 112 Å². The van der Waals surface area contributed by atoms with Crippen LogP contribution in [0.4, 0.5) is 0 Å². The van der Waals surface area contributed by atoms with E-state index in [4.69, 9.17) is 13.9 Å². The highest BCUT2D eigenvalue weighted by Crippen LogP contribution is 2.33. The minimum absolute atomic E-state index is 0.275. The average molecular weight is 482 g/mol. The number of hydrogen-bond donors (Lipinski definition) is 0. The summed E-state index contributed by atoms with van der Waals surface area (Å²) in [5, 5.41) is 6.47. The lowest BCUT2D eigenvalue weighted by Gasteiger charge is -2.22. The maximum atomic E-state index is 13.2. The molecular formula is C28H22N2O6. The van der Waals surface area contributed by atoms with E-state index in [9.17, 15) is 14.4 Å². The number of ether oxygens (including phenoxy) is 2. The van der Waals surface area contributed by atoms with Gasteiger partial charge < -0.3 is 13.9 Å². The molecule has 0 saturated heterocycles. The predicted molar refractivity (Wildman–Crippen MR) is 133 cm³/mol. The number of carbonyl (C=O) groups excluding carboxylic acids is 2. The first kappa shape index (κ1) is 23.0. The molecule has 0 saturated carbocycles. The zero-order chi connectivity index (χ0) is 25.1. The van der Waals surface area contributed by atoms with E-state index in [-0.39, 0.29) is 11.6 Å². The highest BCUT2D eigenvalue weighted by atomic mass is 16.5.